The van der Waals surface area contributed by atoms with E-state index in [-0.39, 0.29) is 16.4 Å². The first-order chi connectivity index (χ1) is 12.0. The van der Waals surface area contributed by atoms with Crippen molar-refractivity contribution in [2.75, 3.05) is 6.61 Å². The molecule has 0 bridgehead atoms. The Morgan fingerprint density at radius 3 is 2.32 bits per heavy atom. The lowest BCUT2D eigenvalue weighted by Crippen LogP contribution is -2.43. The molecule has 2 aromatic carbocycles. The van der Waals surface area contributed by atoms with Gasteiger partial charge in [-0.05, 0) is 31.0 Å². The lowest BCUT2D eigenvalue weighted by Gasteiger charge is -2.16. The second-order valence-electron chi connectivity index (χ2n) is 5.48. The standard InChI is InChI=1S/C19H18ClNO4/c1-13(22)17(11-14-7-3-2-4-8-14)21-18(23)12-25-19(24)15-9-5-6-10-16(15)20/h2-10,17H,11-12H2,1H3,(H,21,23)/t17-/m1/s1. The van der Waals surface area contributed by atoms with E-state index < -0.39 is 24.5 Å². The van der Waals surface area contributed by atoms with Crippen LogP contribution in [0.15, 0.2) is 54.6 Å². The molecule has 6 heteroatoms. The SMILES string of the molecule is CC(=O)[C@@H](Cc1ccccc1)NC(=O)COC(=O)c1ccccc1Cl. The fourth-order valence-corrected chi connectivity index (χ4v) is 2.43. The van der Waals surface area contributed by atoms with E-state index in [1.807, 2.05) is 30.3 Å². The fourth-order valence-electron chi connectivity index (χ4n) is 2.22. The van der Waals surface area contributed by atoms with Crippen molar-refractivity contribution in [2.24, 2.45) is 0 Å². The molecular weight excluding hydrogens is 342 g/mol. The summed E-state index contributed by atoms with van der Waals surface area (Å²) >= 11 is 5.90. The van der Waals surface area contributed by atoms with Crippen molar-refractivity contribution in [2.45, 2.75) is 19.4 Å². The van der Waals surface area contributed by atoms with Crippen molar-refractivity contribution < 1.29 is 19.1 Å². The number of ketones is 1. The molecule has 0 aromatic heterocycles. The van der Waals surface area contributed by atoms with Crippen molar-refractivity contribution in [1.82, 2.24) is 5.32 Å². The Morgan fingerprint density at radius 2 is 1.68 bits per heavy atom. The van der Waals surface area contributed by atoms with Gasteiger partial charge in [0, 0.05) is 0 Å². The zero-order valence-corrected chi connectivity index (χ0v) is 14.5. The molecule has 1 N–H and O–H groups in total. The molecule has 0 unspecified atom stereocenters. The van der Waals surface area contributed by atoms with Gasteiger partial charge in [-0.2, -0.15) is 0 Å². The number of halogens is 1. The molecule has 0 saturated carbocycles. The van der Waals surface area contributed by atoms with Crippen molar-refractivity contribution in [1.29, 1.82) is 0 Å². The minimum atomic E-state index is -0.691. The van der Waals surface area contributed by atoms with Crippen LogP contribution in [0.3, 0.4) is 0 Å². The number of hydrogen-bond donors (Lipinski definition) is 1. The molecule has 25 heavy (non-hydrogen) atoms. The summed E-state index contributed by atoms with van der Waals surface area (Å²) in [6.45, 7) is 0.923. The maximum Gasteiger partial charge on any atom is 0.340 e. The van der Waals surface area contributed by atoms with Gasteiger partial charge in [-0.3, -0.25) is 9.59 Å². The zero-order valence-electron chi connectivity index (χ0n) is 13.7. The van der Waals surface area contributed by atoms with E-state index in [0.29, 0.717) is 6.42 Å². The van der Waals surface area contributed by atoms with Crippen molar-refractivity contribution in [3.8, 4) is 0 Å². The minimum Gasteiger partial charge on any atom is -0.452 e. The smallest absolute Gasteiger partial charge is 0.340 e. The molecule has 5 nitrogen and oxygen atoms in total. The van der Waals surface area contributed by atoms with Crippen LogP contribution in [0, 0.1) is 0 Å². The highest BCUT2D eigenvalue weighted by Crippen LogP contribution is 2.15. The highest BCUT2D eigenvalue weighted by atomic mass is 35.5. The predicted octanol–water partition coefficient (Wildman–Crippen LogP) is 2.81. The van der Waals surface area contributed by atoms with Crippen LogP contribution in [-0.2, 0) is 20.7 Å². The molecule has 130 valence electrons. The third kappa shape index (κ3) is 5.72. The molecule has 1 amide bonds. The molecule has 2 aromatic rings. The average molecular weight is 360 g/mol. The van der Waals surface area contributed by atoms with Crippen LogP contribution in [0.1, 0.15) is 22.8 Å². The largest absolute Gasteiger partial charge is 0.452 e. The van der Waals surface area contributed by atoms with E-state index in [1.54, 1.807) is 18.2 Å². The van der Waals surface area contributed by atoms with Crippen LogP contribution < -0.4 is 5.32 Å². The Balaban J connectivity index is 1.90. The number of carbonyl (C=O) groups excluding carboxylic acids is 3. The van der Waals surface area contributed by atoms with Crippen LogP contribution in [-0.4, -0.2) is 30.3 Å². The number of rotatable bonds is 7. The molecule has 0 aliphatic carbocycles. The van der Waals surface area contributed by atoms with E-state index in [1.165, 1.54) is 13.0 Å². The molecule has 0 radical (unpaired) electrons. The Hall–Kier alpha value is -2.66. The van der Waals surface area contributed by atoms with E-state index >= 15 is 0 Å². The quantitative estimate of drug-likeness (QED) is 0.771. The Labute approximate surface area is 150 Å². The molecule has 2 rings (SSSR count). The van der Waals surface area contributed by atoms with Crippen LogP contribution in [0.2, 0.25) is 5.02 Å². The van der Waals surface area contributed by atoms with Gasteiger partial charge in [0.25, 0.3) is 5.91 Å². The zero-order chi connectivity index (χ0) is 18.2. The first-order valence-electron chi connectivity index (χ1n) is 7.72. The number of ether oxygens (including phenoxy) is 1. The Kier molecular flexibility index (Phi) is 6.71. The summed E-state index contributed by atoms with van der Waals surface area (Å²) < 4.78 is 4.95. The van der Waals surface area contributed by atoms with Gasteiger partial charge in [0.1, 0.15) is 0 Å². The number of Topliss-reactive ketones (excluding diaryl/α,β-unsaturated/α-hetero) is 1. The Morgan fingerprint density at radius 1 is 1.04 bits per heavy atom. The third-order valence-electron chi connectivity index (χ3n) is 3.54. The summed E-state index contributed by atoms with van der Waals surface area (Å²) in [5.41, 5.74) is 1.11. The molecule has 0 aliphatic heterocycles. The van der Waals surface area contributed by atoms with Gasteiger partial charge in [0.05, 0.1) is 16.6 Å². The fraction of sp³-hybridized carbons (Fsp3) is 0.211. The Bertz CT molecular complexity index is 761. The highest BCUT2D eigenvalue weighted by molar-refractivity contribution is 6.33. The lowest BCUT2D eigenvalue weighted by molar-refractivity contribution is -0.128. The lowest BCUT2D eigenvalue weighted by atomic mass is 10.0. The van der Waals surface area contributed by atoms with Crippen molar-refractivity contribution >= 4 is 29.3 Å². The third-order valence-corrected chi connectivity index (χ3v) is 3.87. The average Bonchev–Trinajstić information content (AvgIpc) is 2.60. The summed E-state index contributed by atoms with van der Waals surface area (Å²) in [5.74, 6) is -1.41. The summed E-state index contributed by atoms with van der Waals surface area (Å²) in [7, 11) is 0. The molecule has 0 spiro atoms. The molecule has 0 saturated heterocycles. The number of benzene rings is 2. The summed E-state index contributed by atoms with van der Waals surface area (Å²) in [5, 5.41) is 2.84. The van der Waals surface area contributed by atoms with Gasteiger partial charge in [0.15, 0.2) is 12.4 Å². The van der Waals surface area contributed by atoms with E-state index in [0.717, 1.165) is 5.56 Å². The van der Waals surface area contributed by atoms with Crippen LogP contribution in [0.25, 0.3) is 0 Å². The summed E-state index contributed by atoms with van der Waals surface area (Å²) in [4.78, 5) is 35.7. The normalized spacial score (nSPS) is 11.4. The van der Waals surface area contributed by atoms with Gasteiger partial charge in [-0.25, -0.2) is 4.79 Å². The van der Waals surface area contributed by atoms with Gasteiger partial charge < -0.3 is 10.1 Å². The highest BCUT2D eigenvalue weighted by Gasteiger charge is 2.19. The maximum atomic E-state index is 12.0. The minimum absolute atomic E-state index is 0.172. The predicted molar refractivity (Wildman–Crippen MR) is 94.5 cm³/mol. The molecule has 0 heterocycles. The monoisotopic (exact) mass is 359 g/mol. The second-order valence-corrected chi connectivity index (χ2v) is 5.88. The first kappa shape index (κ1) is 18.7. The van der Waals surface area contributed by atoms with Gasteiger partial charge >= 0.3 is 5.97 Å². The summed E-state index contributed by atoms with van der Waals surface area (Å²) in [6.07, 6.45) is 0.375. The van der Waals surface area contributed by atoms with Crippen LogP contribution >= 0.6 is 11.6 Å². The van der Waals surface area contributed by atoms with Gasteiger partial charge in [-0.1, -0.05) is 54.1 Å². The molecular formula is C19H18ClNO4. The molecule has 0 fully saturated rings. The first-order valence-corrected chi connectivity index (χ1v) is 8.10. The molecule has 0 aliphatic rings. The second kappa shape index (κ2) is 8.99. The maximum absolute atomic E-state index is 12.0. The van der Waals surface area contributed by atoms with Crippen LogP contribution in [0.4, 0.5) is 0 Å². The van der Waals surface area contributed by atoms with Crippen molar-refractivity contribution in [3.05, 3.63) is 70.7 Å². The number of hydrogen-bond acceptors (Lipinski definition) is 4. The van der Waals surface area contributed by atoms with E-state index in [9.17, 15) is 14.4 Å². The number of carbonyl (C=O) groups is 3. The number of amides is 1. The molecule has 1 atom stereocenters. The topological polar surface area (TPSA) is 72.5 Å². The van der Waals surface area contributed by atoms with Gasteiger partial charge in [-0.15, -0.1) is 0 Å². The van der Waals surface area contributed by atoms with Crippen LogP contribution in [0.5, 0.6) is 0 Å². The van der Waals surface area contributed by atoms with Gasteiger partial charge in [0.2, 0.25) is 0 Å². The number of esters is 1. The van der Waals surface area contributed by atoms with E-state index in [4.69, 9.17) is 16.3 Å². The number of nitrogens with one attached hydrogen (secondary N) is 1. The van der Waals surface area contributed by atoms with E-state index in [2.05, 4.69) is 5.32 Å². The van der Waals surface area contributed by atoms with Crippen molar-refractivity contribution in [3.63, 3.8) is 0 Å². The summed E-state index contributed by atoms with van der Waals surface area (Å²) in [6, 6.07) is 15.1.